The average molecular weight is 558 g/mol. The molecule has 0 radical (unpaired) electrons. The van der Waals surface area contributed by atoms with Gasteiger partial charge in [0.1, 0.15) is 11.8 Å². The molecule has 10 heteroatoms. The van der Waals surface area contributed by atoms with Gasteiger partial charge in [0.15, 0.2) is 0 Å². The second kappa shape index (κ2) is 13.4. The molecule has 2 saturated heterocycles. The molecule has 0 unspecified atom stereocenters. The van der Waals surface area contributed by atoms with Gasteiger partial charge >= 0.3 is 0 Å². The summed E-state index contributed by atoms with van der Waals surface area (Å²) in [4.78, 5) is 28.3. The minimum atomic E-state index is -3.48. The highest BCUT2D eigenvalue weighted by molar-refractivity contribution is 7.89. The largest absolute Gasteiger partial charge is 0.497 e. The third kappa shape index (κ3) is 7.58. The molecular formula is C29H39N3O6S. The molecule has 0 aromatic heterocycles. The zero-order valence-corrected chi connectivity index (χ0v) is 23.6. The summed E-state index contributed by atoms with van der Waals surface area (Å²) in [6.45, 7) is 4.28. The van der Waals surface area contributed by atoms with Crippen molar-refractivity contribution in [2.75, 3.05) is 33.4 Å². The number of nitrogens with one attached hydrogen (secondary N) is 1. The molecule has 2 heterocycles. The number of hydrogen-bond acceptors (Lipinski definition) is 6. The molecule has 0 saturated carbocycles. The van der Waals surface area contributed by atoms with Crippen LogP contribution in [0.4, 0.5) is 0 Å². The third-order valence-electron chi connectivity index (χ3n) is 7.46. The van der Waals surface area contributed by atoms with Gasteiger partial charge in [-0.2, -0.15) is 4.31 Å². The molecule has 39 heavy (non-hydrogen) atoms. The first-order chi connectivity index (χ1) is 18.8. The Bertz CT molecular complexity index is 1200. The Labute approximate surface area is 231 Å². The molecule has 2 amide bonds. The lowest BCUT2D eigenvalue weighted by Gasteiger charge is -2.29. The molecule has 2 atom stereocenters. The Morgan fingerprint density at radius 2 is 1.72 bits per heavy atom. The van der Waals surface area contributed by atoms with E-state index in [9.17, 15) is 18.0 Å². The minimum Gasteiger partial charge on any atom is -0.497 e. The molecule has 2 aliphatic rings. The molecule has 0 aliphatic carbocycles. The fourth-order valence-corrected chi connectivity index (χ4v) is 6.50. The number of aryl methyl sites for hydroxylation is 1. The van der Waals surface area contributed by atoms with Crippen LogP contribution < -0.4 is 10.1 Å². The number of ether oxygens (including phenoxy) is 2. The topological polar surface area (TPSA) is 105 Å². The van der Waals surface area contributed by atoms with E-state index in [-0.39, 0.29) is 35.8 Å². The molecule has 2 fully saturated rings. The molecule has 4 rings (SSSR count). The number of amides is 2. The van der Waals surface area contributed by atoms with E-state index in [4.69, 9.17) is 9.47 Å². The summed E-state index contributed by atoms with van der Waals surface area (Å²) < 4.78 is 38.0. The lowest BCUT2D eigenvalue weighted by molar-refractivity contribution is -0.140. The Kier molecular flexibility index (Phi) is 9.99. The van der Waals surface area contributed by atoms with E-state index in [1.165, 1.54) is 4.31 Å². The van der Waals surface area contributed by atoms with E-state index in [0.717, 1.165) is 36.8 Å². The van der Waals surface area contributed by atoms with Gasteiger partial charge < -0.3 is 19.7 Å². The van der Waals surface area contributed by atoms with Gasteiger partial charge in [-0.15, -0.1) is 0 Å². The van der Waals surface area contributed by atoms with Gasteiger partial charge in [0.2, 0.25) is 21.8 Å². The van der Waals surface area contributed by atoms with E-state index in [2.05, 4.69) is 5.32 Å². The minimum absolute atomic E-state index is 0.0177. The fraction of sp³-hybridized carbons (Fsp3) is 0.517. The van der Waals surface area contributed by atoms with Crippen molar-refractivity contribution in [2.45, 2.75) is 69.0 Å². The second-order valence-corrected chi connectivity index (χ2v) is 12.1. The number of carbonyl (C=O) groups is 2. The van der Waals surface area contributed by atoms with Crippen LogP contribution in [0, 0.1) is 0 Å². The number of hydrogen-bond donors (Lipinski definition) is 1. The number of methoxy groups -OCH3 is 1. The van der Waals surface area contributed by atoms with E-state index >= 15 is 0 Å². The summed E-state index contributed by atoms with van der Waals surface area (Å²) in [5.41, 5.74) is 1.75. The normalized spacial score (nSPS) is 18.6. The highest BCUT2D eigenvalue weighted by Gasteiger charge is 2.28. The van der Waals surface area contributed by atoms with E-state index in [1.807, 2.05) is 24.3 Å². The Morgan fingerprint density at radius 1 is 1.05 bits per heavy atom. The summed E-state index contributed by atoms with van der Waals surface area (Å²) in [7, 11) is -1.88. The van der Waals surface area contributed by atoms with Crippen molar-refractivity contribution in [3.63, 3.8) is 0 Å². The van der Waals surface area contributed by atoms with Crippen LogP contribution in [0.15, 0.2) is 53.4 Å². The van der Waals surface area contributed by atoms with Gasteiger partial charge in [0.05, 0.1) is 18.1 Å². The second-order valence-electron chi connectivity index (χ2n) is 10.2. The molecule has 212 valence electrons. The maximum atomic E-state index is 13.4. The quantitative estimate of drug-likeness (QED) is 0.430. The molecule has 0 spiro atoms. The van der Waals surface area contributed by atoms with Gasteiger partial charge in [-0.25, -0.2) is 8.42 Å². The van der Waals surface area contributed by atoms with Crippen molar-refractivity contribution in [3.05, 3.63) is 59.7 Å². The predicted molar refractivity (Wildman–Crippen MR) is 148 cm³/mol. The average Bonchev–Trinajstić information content (AvgIpc) is 3.69. The van der Waals surface area contributed by atoms with Crippen LogP contribution in [0.2, 0.25) is 0 Å². The Balaban J connectivity index is 1.41. The SMILES string of the molecule is COc1ccc(CN(C(=O)CCc2ccc(S(=O)(=O)N3CCCC3)cc2)[C@H](C)C(=O)NC[C@H]2CCCO2)cc1. The zero-order chi connectivity index (χ0) is 27.8. The summed E-state index contributed by atoms with van der Waals surface area (Å²) in [5.74, 6) is 0.345. The first kappa shape index (κ1) is 29.0. The molecule has 1 N–H and O–H groups in total. The maximum absolute atomic E-state index is 13.4. The van der Waals surface area contributed by atoms with Crippen molar-refractivity contribution in [1.29, 1.82) is 0 Å². The highest BCUT2D eigenvalue weighted by Crippen LogP contribution is 2.22. The number of benzene rings is 2. The molecular weight excluding hydrogens is 518 g/mol. The van der Waals surface area contributed by atoms with Crippen molar-refractivity contribution in [1.82, 2.24) is 14.5 Å². The lowest BCUT2D eigenvalue weighted by Crippen LogP contribution is -2.49. The van der Waals surface area contributed by atoms with Crippen molar-refractivity contribution < 1.29 is 27.5 Å². The number of rotatable bonds is 12. The summed E-state index contributed by atoms with van der Waals surface area (Å²) >= 11 is 0. The molecule has 2 aromatic carbocycles. The molecule has 2 aliphatic heterocycles. The van der Waals surface area contributed by atoms with Crippen LogP contribution in [0.1, 0.15) is 50.2 Å². The van der Waals surface area contributed by atoms with Crippen molar-refractivity contribution in [3.8, 4) is 5.75 Å². The standard InChI is InChI=1S/C29H39N3O6S/c1-22(29(34)30-20-26-6-5-19-38-26)32(21-24-7-12-25(37-2)13-8-24)28(33)16-11-23-9-14-27(15-10-23)39(35,36)31-17-3-4-18-31/h7-10,12-15,22,26H,3-6,11,16-21H2,1-2H3,(H,30,34)/t22-,26-/m1/s1. The summed E-state index contributed by atoms with van der Waals surface area (Å²) in [6.07, 6.45) is 4.33. The van der Waals surface area contributed by atoms with E-state index < -0.39 is 16.1 Å². The van der Waals surface area contributed by atoms with E-state index in [1.54, 1.807) is 43.2 Å². The molecule has 9 nitrogen and oxygen atoms in total. The maximum Gasteiger partial charge on any atom is 0.243 e. The first-order valence-corrected chi connectivity index (χ1v) is 15.1. The Morgan fingerprint density at radius 3 is 2.33 bits per heavy atom. The highest BCUT2D eigenvalue weighted by atomic mass is 32.2. The molecule has 2 aromatic rings. The van der Waals surface area contributed by atoms with E-state index in [0.29, 0.717) is 38.4 Å². The van der Waals surface area contributed by atoms with Crippen LogP contribution in [0.3, 0.4) is 0 Å². The number of nitrogens with zero attached hydrogens (tertiary/aromatic N) is 2. The van der Waals surface area contributed by atoms with Crippen molar-refractivity contribution in [2.24, 2.45) is 0 Å². The first-order valence-electron chi connectivity index (χ1n) is 13.7. The predicted octanol–water partition coefficient (Wildman–Crippen LogP) is 3.12. The summed E-state index contributed by atoms with van der Waals surface area (Å²) in [6, 6.07) is 13.5. The Hall–Kier alpha value is -2.95. The lowest BCUT2D eigenvalue weighted by atomic mass is 10.1. The molecule has 0 bridgehead atoms. The van der Waals surface area contributed by atoms with Gasteiger partial charge in [-0.05, 0) is 74.4 Å². The zero-order valence-electron chi connectivity index (χ0n) is 22.8. The summed E-state index contributed by atoms with van der Waals surface area (Å²) in [5, 5.41) is 2.94. The van der Waals surface area contributed by atoms with Crippen LogP contribution in [-0.4, -0.2) is 74.9 Å². The monoisotopic (exact) mass is 557 g/mol. The van der Waals surface area contributed by atoms with Crippen LogP contribution in [0.5, 0.6) is 5.75 Å². The smallest absolute Gasteiger partial charge is 0.243 e. The van der Waals surface area contributed by atoms with Crippen LogP contribution in [-0.2, 0) is 37.3 Å². The third-order valence-corrected chi connectivity index (χ3v) is 9.37. The number of carbonyl (C=O) groups excluding carboxylic acids is 2. The van der Waals surface area contributed by atoms with Crippen LogP contribution >= 0.6 is 0 Å². The van der Waals surface area contributed by atoms with Crippen molar-refractivity contribution >= 4 is 21.8 Å². The van der Waals surface area contributed by atoms with Gasteiger partial charge in [-0.3, -0.25) is 9.59 Å². The van der Waals surface area contributed by atoms with Gasteiger partial charge in [0, 0.05) is 39.2 Å². The van der Waals surface area contributed by atoms with Crippen LogP contribution in [0.25, 0.3) is 0 Å². The van der Waals surface area contributed by atoms with Gasteiger partial charge in [0.25, 0.3) is 0 Å². The fourth-order valence-electron chi connectivity index (χ4n) is 4.98. The number of sulfonamides is 1. The van der Waals surface area contributed by atoms with Gasteiger partial charge in [-0.1, -0.05) is 24.3 Å².